The van der Waals surface area contributed by atoms with Crippen molar-refractivity contribution in [3.05, 3.63) is 61.0 Å². The molecule has 1 amide bonds. The standard InChI is InChI=1S/C20H21N7O2/c1-29-17-5-2-16(3-6-17)4-7-20(28)26-10-8-25(9-11-26)18-12-19(23-14-22-18)27-15-21-13-24-27/h2-7,12-15H,8-11H2,1H3/b7-4+. The molecule has 0 N–H and O–H groups in total. The molecule has 0 atom stereocenters. The molecule has 0 radical (unpaired) electrons. The third-order valence-electron chi connectivity index (χ3n) is 4.74. The minimum absolute atomic E-state index is 0.00598. The van der Waals surface area contributed by atoms with Crippen molar-refractivity contribution in [3.8, 4) is 11.6 Å². The van der Waals surface area contributed by atoms with Crippen molar-refractivity contribution >= 4 is 17.8 Å². The summed E-state index contributed by atoms with van der Waals surface area (Å²) in [7, 11) is 1.63. The number of hydrogen-bond donors (Lipinski definition) is 0. The van der Waals surface area contributed by atoms with Gasteiger partial charge in [-0.3, -0.25) is 4.79 Å². The molecule has 148 valence electrons. The van der Waals surface area contributed by atoms with E-state index in [0.717, 1.165) is 17.1 Å². The summed E-state index contributed by atoms with van der Waals surface area (Å²) in [5.41, 5.74) is 0.958. The lowest BCUT2D eigenvalue weighted by Crippen LogP contribution is -2.48. The van der Waals surface area contributed by atoms with Crippen molar-refractivity contribution in [2.45, 2.75) is 0 Å². The molecule has 9 nitrogen and oxygen atoms in total. The van der Waals surface area contributed by atoms with Crippen LogP contribution in [0.3, 0.4) is 0 Å². The van der Waals surface area contributed by atoms with Crippen molar-refractivity contribution in [2.24, 2.45) is 0 Å². The van der Waals surface area contributed by atoms with Gasteiger partial charge in [-0.15, -0.1) is 0 Å². The van der Waals surface area contributed by atoms with Gasteiger partial charge in [-0.2, -0.15) is 5.10 Å². The average Bonchev–Trinajstić information content (AvgIpc) is 3.33. The summed E-state index contributed by atoms with van der Waals surface area (Å²) in [6.45, 7) is 2.68. The maximum absolute atomic E-state index is 12.5. The Bertz CT molecular complexity index is 978. The first kappa shape index (κ1) is 18.6. The summed E-state index contributed by atoms with van der Waals surface area (Å²) in [5.74, 6) is 2.27. The quantitative estimate of drug-likeness (QED) is 0.608. The van der Waals surface area contributed by atoms with E-state index in [1.165, 1.54) is 12.7 Å². The second-order valence-corrected chi connectivity index (χ2v) is 6.49. The van der Waals surface area contributed by atoms with E-state index in [0.29, 0.717) is 32.0 Å². The summed E-state index contributed by atoms with van der Waals surface area (Å²) in [6.07, 6.45) is 8.01. The molecular weight excluding hydrogens is 370 g/mol. The summed E-state index contributed by atoms with van der Waals surface area (Å²) < 4.78 is 6.74. The molecule has 1 saturated heterocycles. The molecule has 1 aliphatic rings. The predicted molar refractivity (Wildman–Crippen MR) is 108 cm³/mol. The van der Waals surface area contributed by atoms with Crippen LogP contribution in [0, 0.1) is 0 Å². The molecule has 0 aliphatic carbocycles. The first-order chi connectivity index (χ1) is 14.2. The van der Waals surface area contributed by atoms with Crippen LogP contribution in [0.2, 0.25) is 0 Å². The van der Waals surface area contributed by atoms with Crippen LogP contribution in [0.15, 0.2) is 55.4 Å². The Hall–Kier alpha value is -3.75. The van der Waals surface area contributed by atoms with Crippen LogP contribution in [0.25, 0.3) is 11.9 Å². The number of carbonyl (C=O) groups excluding carboxylic acids is 1. The molecule has 1 aliphatic heterocycles. The third-order valence-corrected chi connectivity index (χ3v) is 4.74. The number of anilines is 1. The first-order valence-corrected chi connectivity index (χ1v) is 9.26. The lowest BCUT2D eigenvalue weighted by Gasteiger charge is -2.34. The lowest BCUT2D eigenvalue weighted by atomic mass is 10.2. The van der Waals surface area contributed by atoms with Gasteiger partial charge in [0, 0.05) is 38.3 Å². The zero-order chi connectivity index (χ0) is 20.1. The summed E-state index contributed by atoms with van der Waals surface area (Å²) in [4.78, 5) is 29.0. The molecular formula is C20H21N7O2. The van der Waals surface area contributed by atoms with Crippen LogP contribution in [-0.4, -0.2) is 68.8 Å². The van der Waals surface area contributed by atoms with Gasteiger partial charge < -0.3 is 14.5 Å². The summed E-state index contributed by atoms with van der Waals surface area (Å²) in [5, 5.41) is 4.09. The van der Waals surface area contributed by atoms with E-state index in [-0.39, 0.29) is 5.91 Å². The number of nitrogens with zero attached hydrogens (tertiary/aromatic N) is 7. The van der Waals surface area contributed by atoms with Gasteiger partial charge in [0.2, 0.25) is 5.91 Å². The van der Waals surface area contributed by atoms with Crippen molar-refractivity contribution in [1.82, 2.24) is 29.6 Å². The SMILES string of the molecule is COc1ccc(/C=C/C(=O)N2CCN(c3cc(-n4cncn4)ncn3)CC2)cc1. The topological polar surface area (TPSA) is 89.3 Å². The molecule has 0 spiro atoms. The van der Waals surface area contributed by atoms with Crippen LogP contribution in [0.5, 0.6) is 5.75 Å². The number of rotatable bonds is 5. The van der Waals surface area contributed by atoms with E-state index in [1.54, 1.807) is 24.2 Å². The fraction of sp³-hybridized carbons (Fsp3) is 0.250. The molecule has 3 aromatic rings. The van der Waals surface area contributed by atoms with Crippen molar-refractivity contribution in [3.63, 3.8) is 0 Å². The maximum atomic E-state index is 12.5. The monoisotopic (exact) mass is 391 g/mol. The Morgan fingerprint density at radius 2 is 1.79 bits per heavy atom. The fourth-order valence-electron chi connectivity index (χ4n) is 3.11. The molecule has 1 fully saturated rings. The minimum atomic E-state index is 0.00598. The fourth-order valence-corrected chi connectivity index (χ4v) is 3.11. The second-order valence-electron chi connectivity index (χ2n) is 6.49. The largest absolute Gasteiger partial charge is 0.497 e. The predicted octanol–water partition coefficient (Wildman–Crippen LogP) is 1.43. The smallest absolute Gasteiger partial charge is 0.246 e. The second kappa shape index (κ2) is 8.51. The van der Waals surface area contributed by atoms with Gasteiger partial charge in [0.05, 0.1) is 7.11 Å². The number of carbonyl (C=O) groups is 1. The number of methoxy groups -OCH3 is 1. The Labute approximate surface area is 168 Å². The molecule has 9 heteroatoms. The van der Waals surface area contributed by atoms with Crippen LogP contribution in [-0.2, 0) is 4.79 Å². The van der Waals surface area contributed by atoms with E-state index in [4.69, 9.17) is 4.74 Å². The average molecular weight is 391 g/mol. The van der Waals surface area contributed by atoms with Gasteiger partial charge in [0.25, 0.3) is 0 Å². The zero-order valence-electron chi connectivity index (χ0n) is 16.0. The molecule has 0 saturated carbocycles. The zero-order valence-corrected chi connectivity index (χ0v) is 16.0. The Balaban J connectivity index is 1.34. The first-order valence-electron chi connectivity index (χ1n) is 9.26. The number of ether oxygens (including phenoxy) is 1. The number of aromatic nitrogens is 5. The third kappa shape index (κ3) is 4.40. The van der Waals surface area contributed by atoms with Crippen LogP contribution < -0.4 is 9.64 Å². The molecule has 0 bridgehead atoms. The molecule has 1 aromatic carbocycles. The van der Waals surface area contributed by atoms with Crippen molar-refractivity contribution < 1.29 is 9.53 Å². The highest BCUT2D eigenvalue weighted by Crippen LogP contribution is 2.16. The van der Waals surface area contributed by atoms with Gasteiger partial charge in [-0.1, -0.05) is 12.1 Å². The number of amides is 1. The molecule has 0 unspecified atom stereocenters. The highest BCUT2D eigenvalue weighted by molar-refractivity contribution is 5.92. The van der Waals surface area contributed by atoms with Crippen molar-refractivity contribution in [1.29, 1.82) is 0 Å². The van der Waals surface area contributed by atoms with Crippen LogP contribution in [0.1, 0.15) is 5.56 Å². The summed E-state index contributed by atoms with van der Waals surface area (Å²) in [6, 6.07) is 9.46. The molecule has 29 heavy (non-hydrogen) atoms. The lowest BCUT2D eigenvalue weighted by molar-refractivity contribution is -0.126. The van der Waals surface area contributed by atoms with Gasteiger partial charge in [0.15, 0.2) is 5.82 Å². The minimum Gasteiger partial charge on any atom is -0.497 e. The number of benzene rings is 1. The van der Waals surface area contributed by atoms with E-state index in [2.05, 4.69) is 25.0 Å². The van der Waals surface area contributed by atoms with Crippen molar-refractivity contribution in [2.75, 3.05) is 38.2 Å². The van der Waals surface area contributed by atoms with E-state index in [1.807, 2.05) is 41.3 Å². The normalized spacial score (nSPS) is 14.4. The van der Waals surface area contributed by atoms with E-state index >= 15 is 0 Å². The van der Waals surface area contributed by atoms with Gasteiger partial charge in [0.1, 0.15) is 30.5 Å². The number of piperazine rings is 1. The van der Waals surface area contributed by atoms with E-state index in [9.17, 15) is 4.79 Å². The van der Waals surface area contributed by atoms with Gasteiger partial charge >= 0.3 is 0 Å². The maximum Gasteiger partial charge on any atom is 0.246 e. The van der Waals surface area contributed by atoms with E-state index < -0.39 is 0 Å². The van der Waals surface area contributed by atoms with Gasteiger partial charge in [-0.25, -0.2) is 19.6 Å². The Kier molecular flexibility index (Phi) is 5.46. The van der Waals surface area contributed by atoms with Crippen LogP contribution >= 0.6 is 0 Å². The Morgan fingerprint density at radius 3 is 2.48 bits per heavy atom. The van der Waals surface area contributed by atoms with Crippen LogP contribution in [0.4, 0.5) is 5.82 Å². The molecule has 3 heterocycles. The number of hydrogen-bond acceptors (Lipinski definition) is 7. The summed E-state index contributed by atoms with van der Waals surface area (Å²) >= 11 is 0. The van der Waals surface area contributed by atoms with Gasteiger partial charge in [-0.05, 0) is 23.8 Å². The Morgan fingerprint density at radius 1 is 1.03 bits per heavy atom. The molecule has 4 rings (SSSR count). The highest BCUT2D eigenvalue weighted by Gasteiger charge is 2.21. The highest BCUT2D eigenvalue weighted by atomic mass is 16.5. The molecule has 2 aromatic heterocycles.